The molecule has 0 radical (unpaired) electrons. The van der Waals surface area contributed by atoms with Gasteiger partial charge in [0.25, 0.3) is 15.9 Å². The Morgan fingerprint density at radius 2 is 1.93 bits per heavy atom. The number of hydrogen-bond acceptors (Lipinski definition) is 5. The molecule has 1 atom stereocenters. The zero-order valence-electron chi connectivity index (χ0n) is 16.4. The molecule has 1 aliphatic rings. The number of hydrogen-bond donors (Lipinski definition) is 3. The van der Waals surface area contributed by atoms with E-state index in [9.17, 15) is 18.0 Å². The number of anilines is 1. The highest BCUT2D eigenvalue weighted by Gasteiger charge is 2.22. The van der Waals surface area contributed by atoms with Crippen molar-refractivity contribution in [1.82, 2.24) is 10.3 Å². The van der Waals surface area contributed by atoms with Crippen molar-refractivity contribution in [2.75, 3.05) is 5.32 Å². The summed E-state index contributed by atoms with van der Waals surface area (Å²) in [5.74, 6) is -0.164. The zero-order valence-corrected chi connectivity index (χ0v) is 17.2. The summed E-state index contributed by atoms with van der Waals surface area (Å²) in [5, 5.41) is 2.69. The average Bonchev–Trinajstić information content (AvgIpc) is 2.69. The van der Waals surface area contributed by atoms with E-state index in [0.717, 1.165) is 16.7 Å². The Morgan fingerprint density at radius 1 is 1.17 bits per heavy atom. The van der Waals surface area contributed by atoms with Gasteiger partial charge in [-0.05, 0) is 68.1 Å². The topological polar surface area (TPSA) is 114 Å². The lowest BCUT2D eigenvalue weighted by Gasteiger charge is -2.19. The first-order valence-electron chi connectivity index (χ1n) is 9.14. The van der Waals surface area contributed by atoms with Gasteiger partial charge in [-0.25, -0.2) is 8.42 Å². The van der Waals surface area contributed by atoms with Crippen LogP contribution in [0.25, 0.3) is 0 Å². The lowest BCUT2D eigenvalue weighted by Crippen LogP contribution is -2.47. The second kappa shape index (κ2) is 8.22. The lowest BCUT2D eigenvalue weighted by atomic mass is 10.0. The van der Waals surface area contributed by atoms with Gasteiger partial charge in [-0.1, -0.05) is 12.1 Å². The van der Waals surface area contributed by atoms with Crippen LogP contribution >= 0.6 is 0 Å². The smallest absolute Gasteiger partial charge is 0.275 e. The van der Waals surface area contributed by atoms with Crippen LogP contribution in [-0.2, 0) is 26.0 Å². The van der Waals surface area contributed by atoms with Crippen LogP contribution in [0, 0.1) is 13.8 Å². The maximum atomic E-state index is 12.5. The van der Waals surface area contributed by atoms with E-state index in [1.165, 1.54) is 25.1 Å². The molecule has 29 heavy (non-hydrogen) atoms. The van der Waals surface area contributed by atoms with Crippen LogP contribution in [0.4, 0.5) is 5.69 Å². The molecule has 154 valence electrons. The molecule has 1 aliphatic heterocycles. The molecule has 0 spiro atoms. The normalized spacial score (nSPS) is 14.5. The summed E-state index contributed by atoms with van der Waals surface area (Å²) < 4.78 is 30.7. The molecule has 2 aromatic rings. The van der Waals surface area contributed by atoms with Crippen LogP contribution in [0.5, 0.6) is 5.75 Å². The van der Waals surface area contributed by atoms with Crippen LogP contribution in [0.15, 0.2) is 41.3 Å². The number of amides is 2. The zero-order chi connectivity index (χ0) is 21.2. The number of benzene rings is 2. The lowest BCUT2D eigenvalue weighted by molar-refractivity contribution is -0.127. The molecule has 9 heteroatoms. The van der Waals surface area contributed by atoms with Crippen LogP contribution in [-0.4, -0.2) is 26.3 Å². The Kier molecular flexibility index (Phi) is 5.90. The number of fused-ring (bicyclic) bond motifs is 1. The molecule has 0 aromatic heterocycles. The van der Waals surface area contributed by atoms with Crippen molar-refractivity contribution in [1.29, 1.82) is 0 Å². The Hall–Kier alpha value is -2.91. The Balaban J connectivity index is 1.64. The number of ether oxygens (including phenoxy) is 1. The van der Waals surface area contributed by atoms with Gasteiger partial charge in [-0.15, -0.1) is 4.83 Å². The summed E-state index contributed by atoms with van der Waals surface area (Å²) in [7, 11) is -3.97. The predicted molar refractivity (Wildman–Crippen MR) is 108 cm³/mol. The van der Waals surface area contributed by atoms with E-state index < -0.39 is 22.0 Å². The van der Waals surface area contributed by atoms with Crippen molar-refractivity contribution in [2.45, 2.75) is 44.6 Å². The van der Waals surface area contributed by atoms with Crippen molar-refractivity contribution in [3.05, 3.63) is 53.1 Å². The first-order valence-corrected chi connectivity index (χ1v) is 10.6. The van der Waals surface area contributed by atoms with E-state index in [0.29, 0.717) is 24.3 Å². The molecule has 0 saturated carbocycles. The van der Waals surface area contributed by atoms with Gasteiger partial charge in [0.1, 0.15) is 5.75 Å². The number of sulfonamides is 1. The first-order chi connectivity index (χ1) is 13.7. The summed E-state index contributed by atoms with van der Waals surface area (Å²) in [6.45, 7) is 5.36. The van der Waals surface area contributed by atoms with Gasteiger partial charge in [-0.2, -0.15) is 0 Å². The maximum absolute atomic E-state index is 12.5. The number of aryl methyl sites for hydroxylation is 2. The Bertz CT molecular complexity index is 1070. The highest BCUT2D eigenvalue weighted by molar-refractivity contribution is 7.89. The molecule has 3 N–H and O–H groups in total. The summed E-state index contributed by atoms with van der Waals surface area (Å²) >= 11 is 0. The van der Waals surface area contributed by atoms with Gasteiger partial charge < -0.3 is 10.1 Å². The van der Waals surface area contributed by atoms with Crippen LogP contribution in [0.2, 0.25) is 0 Å². The molecule has 8 nitrogen and oxygen atoms in total. The molecule has 0 saturated heterocycles. The van der Waals surface area contributed by atoms with Crippen LogP contribution in [0.3, 0.4) is 0 Å². The minimum Gasteiger partial charge on any atom is -0.481 e. The fourth-order valence-corrected chi connectivity index (χ4v) is 3.80. The quantitative estimate of drug-likeness (QED) is 0.622. The van der Waals surface area contributed by atoms with Crippen molar-refractivity contribution in [3.8, 4) is 5.75 Å². The van der Waals surface area contributed by atoms with E-state index in [1.54, 1.807) is 6.07 Å². The largest absolute Gasteiger partial charge is 0.481 e. The van der Waals surface area contributed by atoms with Crippen molar-refractivity contribution >= 4 is 27.5 Å². The van der Waals surface area contributed by atoms with Crippen LogP contribution < -0.4 is 20.3 Å². The van der Waals surface area contributed by atoms with Gasteiger partial charge in [-0.3, -0.25) is 15.0 Å². The van der Waals surface area contributed by atoms with E-state index in [-0.39, 0.29) is 10.8 Å². The second-order valence-electron chi connectivity index (χ2n) is 6.92. The fourth-order valence-electron chi connectivity index (χ4n) is 2.90. The Morgan fingerprint density at radius 3 is 2.69 bits per heavy atom. The predicted octanol–water partition coefficient (Wildman–Crippen LogP) is 1.97. The number of hydrazine groups is 1. The average molecular weight is 417 g/mol. The highest BCUT2D eigenvalue weighted by Crippen LogP contribution is 2.25. The maximum Gasteiger partial charge on any atom is 0.275 e. The highest BCUT2D eigenvalue weighted by atomic mass is 32.2. The molecular formula is C20H23N3O5S. The van der Waals surface area contributed by atoms with E-state index >= 15 is 0 Å². The molecule has 0 bridgehead atoms. The molecule has 1 heterocycles. The van der Waals surface area contributed by atoms with Crippen molar-refractivity contribution < 1.29 is 22.7 Å². The van der Waals surface area contributed by atoms with E-state index in [1.807, 2.05) is 26.0 Å². The molecule has 2 amide bonds. The van der Waals surface area contributed by atoms with Gasteiger partial charge in [0.05, 0.1) is 4.90 Å². The van der Waals surface area contributed by atoms with E-state index in [4.69, 9.17) is 4.74 Å². The summed E-state index contributed by atoms with van der Waals surface area (Å²) in [6, 6.07) is 9.90. The van der Waals surface area contributed by atoms with Gasteiger partial charge >= 0.3 is 0 Å². The SMILES string of the molecule is Cc1cccc(O[C@H](C)C(=O)NNS(=O)(=O)c2ccc3c(c2)CCC(=O)N3)c1C. The molecule has 0 aliphatic carbocycles. The number of carbonyl (C=O) groups is 2. The summed E-state index contributed by atoms with van der Waals surface area (Å²) in [4.78, 5) is 25.8. The standard InChI is InChI=1S/C20H23N3O5S/c1-12-5-4-6-18(13(12)2)28-14(3)20(25)22-23-29(26,27)16-8-9-17-15(11-16)7-10-19(24)21-17/h4-6,8-9,11,14,23H,7,10H2,1-3H3,(H,21,24)(H,22,25)/t14-/m1/s1. The molecule has 3 rings (SSSR count). The fraction of sp³-hybridized carbons (Fsp3) is 0.300. The number of rotatable bonds is 6. The monoisotopic (exact) mass is 417 g/mol. The van der Waals surface area contributed by atoms with Gasteiger partial charge in [0.15, 0.2) is 6.10 Å². The van der Waals surface area contributed by atoms with Gasteiger partial charge in [0.2, 0.25) is 5.91 Å². The number of nitrogens with one attached hydrogen (secondary N) is 3. The third-order valence-corrected chi connectivity index (χ3v) is 6.06. The third kappa shape index (κ3) is 4.75. The molecule has 2 aromatic carbocycles. The Labute approximate surface area is 169 Å². The third-order valence-electron chi connectivity index (χ3n) is 4.82. The first kappa shape index (κ1) is 20.8. The van der Waals surface area contributed by atoms with E-state index in [2.05, 4.69) is 15.6 Å². The summed E-state index contributed by atoms with van der Waals surface area (Å²) in [5.41, 5.74) is 5.45. The number of carbonyl (C=O) groups excluding carboxylic acids is 2. The molecule has 0 unspecified atom stereocenters. The minimum atomic E-state index is -3.97. The summed E-state index contributed by atoms with van der Waals surface area (Å²) in [6.07, 6.45) is -0.150. The van der Waals surface area contributed by atoms with Crippen LogP contribution in [0.1, 0.15) is 30.0 Å². The van der Waals surface area contributed by atoms with Crippen molar-refractivity contribution in [3.63, 3.8) is 0 Å². The molecule has 0 fully saturated rings. The molecular weight excluding hydrogens is 394 g/mol. The minimum absolute atomic E-state index is 0.00389. The second-order valence-corrected chi connectivity index (χ2v) is 8.60. The van der Waals surface area contributed by atoms with Crippen molar-refractivity contribution in [2.24, 2.45) is 0 Å². The van der Waals surface area contributed by atoms with Gasteiger partial charge in [0, 0.05) is 12.1 Å².